The molecule has 2 aromatic rings. The van der Waals surface area contributed by atoms with E-state index in [0.717, 1.165) is 23.4 Å². The summed E-state index contributed by atoms with van der Waals surface area (Å²) in [4.78, 5) is 8.49. The summed E-state index contributed by atoms with van der Waals surface area (Å²) in [5, 5.41) is 3.36. The Morgan fingerprint density at radius 3 is 2.79 bits per heavy atom. The summed E-state index contributed by atoms with van der Waals surface area (Å²) in [5.41, 5.74) is 2.82. The van der Waals surface area contributed by atoms with Gasteiger partial charge >= 0.3 is 0 Å². The molecule has 0 radical (unpaired) electrons. The van der Waals surface area contributed by atoms with Crippen molar-refractivity contribution >= 4 is 0 Å². The number of rotatable bonds is 5. The Morgan fingerprint density at radius 2 is 2.11 bits per heavy atom. The van der Waals surface area contributed by atoms with Gasteiger partial charge in [0, 0.05) is 25.0 Å². The van der Waals surface area contributed by atoms with Crippen molar-refractivity contribution in [2.24, 2.45) is 0 Å². The minimum atomic E-state index is -0.186. The molecule has 1 N–H and O–H groups in total. The molecule has 0 saturated carbocycles. The fourth-order valence-electron chi connectivity index (χ4n) is 1.88. The molecule has 19 heavy (non-hydrogen) atoms. The van der Waals surface area contributed by atoms with Gasteiger partial charge in [-0.15, -0.1) is 0 Å². The van der Waals surface area contributed by atoms with Gasteiger partial charge < -0.3 is 5.32 Å². The van der Waals surface area contributed by atoms with Gasteiger partial charge in [0.1, 0.15) is 5.82 Å². The molecule has 2 rings (SSSR count). The molecule has 1 atom stereocenters. The molecule has 0 fully saturated rings. The number of nitrogens with one attached hydrogen (secondary N) is 1. The van der Waals surface area contributed by atoms with E-state index in [-0.39, 0.29) is 11.9 Å². The van der Waals surface area contributed by atoms with E-state index in [2.05, 4.69) is 22.2 Å². The molecule has 1 heterocycles. The second-order valence-corrected chi connectivity index (χ2v) is 4.77. The molecular weight excluding hydrogens is 241 g/mol. The zero-order valence-electron chi connectivity index (χ0n) is 11.2. The third kappa shape index (κ3) is 4.41. The Bertz CT molecular complexity index is 525. The number of hydrogen-bond acceptors (Lipinski definition) is 3. The topological polar surface area (TPSA) is 37.8 Å². The van der Waals surface area contributed by atoms with E-state index in [1.54, 1.807) is 24.5 Å². The molecule has 0 amide bonds. The van der Waals surface area contributed by atoms with Crippen LogP contribution >= 0.6 is 0 Å². The van der Waals surface area contributed by atoms with Crippen LogP contribution in [0.5, 0.6) is 0 Å². The number of aryl methyl sites for hydroxylation is 1. The Hall–Kier alpha value is -1.81. The summed E-state index contributed by atoms with van der Waals surface area (Å²) >= 11 is 0. The zero-order valence-corrected chi connectivity index (χ0v) is 11.2. The normalized spacial score (nSPS) is 12.4. The van der Waals surface area contributed by atoms with Gasteiger partial charge in [-0.1, -0.05) is 12.1 Å². The molecule has 0 aliphatic heterocycles. The first-order chi connectivity index (χ1) is 9.13. The average molecular weight is 259 g/mol. The lowest BCUT2D eigenvalue weighted by Crippen LogP contribution is -2.28. The molecule has 0 saturated heterocycles. The molecule has 0 aliphatic rings. The molecule has 3 nitrogen and oxygen atoms in total. The van der Waals surface area contributed by atoms with Gasteiger partial charge in [0.2, 0.25) is 0 Å². The zero-order chi connectivity index (χ0) is 13.7. The Morgan fingerprint density at radius 1 is 1.26 bits per heavy atom. The van der Waals surface area contributed by atoms with Crippen LogP contribution in [0.4, 0.5) is 4.39 Å². The van der Waals surface area contributed by atoms with Gasteiger partial charge in [0.05, 0.1) is 11.4 Å². The highest BCUT2D eigenvalue weighted by atomic mass is 19.1. The highest BCUT2D eigenvalue weighted by Crippen LogP contribution is 2.06. The summed E-state index contributed by atoms with van der Waals surface area (Å²) < 4.78 is 13.1. The van der Waals surface area contributed by atoms with Crippen LogP contribution in [-0.4, -0.2) is 16.0 Å². The second kappa shape index (κ2) is 6.38. The van der Waals surface area contributed by atoms with Gasteiger partial charge in [-0.3, -0.25) is 9.97 Å². The largest absolute Gasteiger partial charge is 0.308 e. The second-order valence-electron chi connectivity index (χ2n) is 4.77. The van der Waals surface area contributed by atoms with Crippen LogP contribution in [0.2, 0.25) is 0 Å². The van der Waals surface area contributed by atoms with Crippen molar-refractivity contribution in [3.8, 4) is 0 Å². The van der Waals surface area contributed by atoms with Gasteiger partial charge in [-0.25, -0.2) is 4.39 Å². The Labute approximate surface area is 112 Å². The molecule has 0 spiro atoms. The number of aromatic nitrogens is 2. The van der Waals surface area contributed by atoms with Crippen molar-refractivity contribution in [1.82, 2.24) is 15.3 Å². The average Bonchev–Trinajstić information content (AvgIpc) is 2.38. The lowest BCUT2D eigenvalue weighted by molar-refractivity contribution is 0.536. The summed E-state index contributed by atoms with van der Waals surface area (Å²) in [6.45, 7) is 4.66. The van der Waals surface area contributed by atoms with Gasteiger partial charge in [0.25, 0.3) is 0 Å². The maximum Gasteiger partial charge on any atom is 0.123 e. The van der Waals surface area contributed by atoms with Crippen molar-refractivity contribution in [2.75, 3.05) is 0 Å². The molecular formula is C15H18FN3. The molecule has 1 unspecified atom stereocenters. The summed E-state index contributed by atoms with van der Waals surface area (Å²) in [5.74, 6) is -0.186. The first-order valence-electron chi connectivity index (χ1n) is 6.39. The summed E-state index contributed by atoms with van der Waals surface area (Å²) in [7, 11) is 0. The summed E-state index contributed by atoms with van der Waals surface area (Å²) in [6.07, 6.45) is 4.32. The molecule has 1 aromatic heterocycles. The van der Waals surface area contributed by atoms with Crippen LogP contribution in [-0.2, 0) is 13.0 Å². The minimum absolute atomic E-state index is 0.186. The van der Waals surface area contributed by atoms with Crippen LogP contribution < -0.4 is 5.32 Å². The van der Waals surface area contributed by atoms with Crippen molar-refractivity contribution in [2.45, 2.75) is 32.9 Å². The standard InChI is InChI=1S/C15H18FN3/c1-11(6-13-4-3-5-14(16)7-13)17-9-15-10-18-12(2)8-19-15/h3-5,7-8,10-11,17H,6,9H2,1-2H3. The van der Waals surface area contributed by atoms with Crippen molar-refractivity contribution in [1.29, 1.82) is 0 Å². The lowest BCUT2D eigenvalue weighted by atomic mass is 10.1. The lowest BCUT2D eigenvalue weighted by Gasteiger charge is -2.13. The van der Waals surface area contributed by atoms with Crippen molar-refractivity contribution in [3.05, 3.63) is 59.4 Å². The highest BCUT2D eigenvalue weighted by molar-refractivity contribution is 5.17. The Balaban J connectivity index is 1.84. The number of hydrogen-bond donors (Lipinski definition) is 1. The van der Waals surface area contributed by atoms with Crippen LogP contribution in [0.25, 0.3) is 0 Å². The number of benzene rings is 1. The van der Waals surface area contributed by atoms with E-state index in [4.69, 9.17) is 0 Å². The monoisotopic (exact) mass is 259 g/mol. The van der Waals surface area contributed by atoms with Crippen LogP contribution in [0.1, 0.15) is 23.9 Å². The van der Waals surface area contributed by atoms with Gasteiger partial charge in [-0.2, -0.15) is 0 Å². The smallest absolute Gasteiger partial charge is 0.123 e. The van der Waals surface area contributed by atoms with Crippen molar-refractivity contribution in [3.63, 3.8) is 0 Å². The minimum Gasteiger partial charge on any atom is -0.308 e. The quantitative estimate of drug-likeness (QED) is 0.897. The molecule has 1 aromatic carbocycles. The third-order valence-corrected chi connectivity index (χ3v) is 2.90. The maximum atomic E-state index is 13.1. The van der Waals surface area contributed by atoms with E-state index < -0.39 is 0 Å². The van der Waals surface area contributed by atoms with Crippen molar-refractivity contribution < 1.29 is 4.39 Å². The predicted molar refractivity (Wildman–Crippen MR) is 73.2 cm³/mol. The first-order valence-corrected chi connectivity index (χ1v) is 6.39. The van der Waals surface area contributed by atoms with Gasteiger partial charge in [-0.05, 0) is 38.0 Å². The van der Waals surface area contributed by atoms with E-state index >= 15 is 0 Å². The van der Waals surface area contributed by atoms with Crippen LogP contribution in [0.3, 0.4) is 0 Å². The molecule has 100 valence electrons. The predicted octanol–water partition coefficient (Wildman–Crippen LogP) is 2.64. The van der Waals surface area contributed by atoms with Crippen LogP contribution in [0, 0.1) is 12.7 Å². The maximum absolute atomic E-state index is 13.1. The fourth-order valence-corrected chi connectivity index (χ4v) is 1.88. The van der Waals surface area contributed by atoms with Gasteiger partial charge in [0.15, 0.2) is 0 Å². The molecule has 4 heteroatoms. The number of nitrogens with zero attached hydrogens (tertiary/aromatic N) is 2. The van der Waals surface area contributed by atoms with Crippen LogP contribution in [0.15, 0.2) is 36.7 Å². The summed E-state index contributed by atoms with van der Waals surface area (Å²) in [6, 6.07) is 6.97. The SMILES string of the molecule is Cc1cnc(CNC(C)Cc2cccc(F)c2)cn1. The fraction of sp³-hybridized carbons (Fsp3) is 0.333. The number of halogens is 1. The van der Waals surface area contributed by atoms with E-state index in [9.17, 15) is 4.39 Å². The molecule has 0 bridgehead atoms. The van der Waals surface area contributed by atoms with E-state index in [1.807, 2.05) is 13.0 Å². The van der Waals surface area contributed by atoms with E-state index in [1.165, 1.54) is 6.07 Å². The van der Waals surface area contributed by atoms with E-state index in [0.29, 0.717) is 6.54 Å². The Kier molecular flexibility index (Phi) is 4.58. The molecule has 0 aliphatic carbocycles. The third-order valence-electron chi connectivity index (χ3n) is 2.90. The first kappa shape index (κ1) is 13.6. The highest BCUT2D eigenvalue weighted by Gasteiger charge is 2.04.